The molecule has 0 atom stereocenters. The zero-order chi connectivity index (χ0) is 19.5. The third-order valence-electron chi connectivity index (χ3n) is 4.42. The summed E-state index contributed by atoms with van der Waals surface area (Å²) in [6.07, 6.45) is 8.34. The second-order valence-electron chi connectivity index (χ2n) is 6.30. The van der Waals surface area contributed by atoms with Gasteiger partial charge in [0, 0.05) is 28.2 Å². The summed E-state index contributed by atoms with van der Waals surface area (Å²) >= 11 is 0. The third kappa shape index (κ3) is 3.23. The molecule has 0 saturated heterocycles. The van der Waals surface area contributed by atoms with Crippen LogP contribution in [0, 0.1) is 0 Å². The average Bonchev–Trinajstić information content (AvgIpc) is 2.97. The molecule has 4 rings (SSSR count). The van der Waals surface area contributed by atoms with E-state index in [1.54, 1.807) is 24.4 Å². The minimum Gasteiger partial charge on any atom is -0.354 e. The molecule has 3 aromatic rings. The predicted octanol–water partition coefficient (Wildman–Crippen LogP) is 3.98. The largest absolute Gasteiger partial charge is 0.354 e. The van der Waals surface area contributed by atoms with Crippen LogP contribution >= 0.6 is 0 Å². The van der Waals surface area contributed by atoms with Gasteiger partial charge in [0.2, 0.25) is 5.91 Å². The van der Waals surface area contributed by atoms with Crippen LogP contribution in [0.2, 0.25) is 0 Å². The second-order valence-corrected chi connectivity index (χ2v) is 6.30. The lowest BCUT2D eigenvalue weighted by Crippen LogP contribution is -2.17. The van der Waals surface area contributed by atoms with Crippen molar-refractivity contribution < 1.29 is 9.59 Å². The van der Waals surface area contributed by atoms with Gasteiger partial charge in [0.15, 0.2) is 0 Å². The zero-order valence-corrected chi connectivity index (χ0v) is 15.2. The van der Waals surface area contributed by atoms with Crippen molar-refractivity contribution >= 4 is 34.6 Å². The average molecular weight is 370 g/mol. The van der Waals surface area contributed by atoms with Crippen LogP contribution in [0.25, 0.3) is 22.2 Å². The number of nitrogens with zero attached hydrogens (tertiary/aromatic N) is 1. The van der Waals surface area contributed by atoms with E-state index in [9.17, 15) is 9.59 Å². The molecular formula is C22H18N4O2. The molecule has 0 unspecified atom stereocenters. The normalized spacial score (nSPS) is 13.2. The van der Waals surface area contributed by atoms with Gasteiger partial charge in [0.05, 0.1) is 17.5 Å². The number of hydrazone groups is 1. The van der Waals surface area contributed by atoms with E-state index in [0.717, 1.165) is 27.7 Å². The first-order chi connectivity index (χ1) is 13.7. The van der Waals surface area contributed by atoms with Crippen LogP contribution in [0.1, 0.15) is 22.8 Å². The molecule has 2 amide bonds. The van der Waals surface area contributed by atoms with Gasteiger partial charge in [0.25, 0.3) is 5.91 Å². The van der Waals surface area contributed by atoms with Crippen molar-refractivity contribution in [1.29, 1.82) is 0 Å². The highest BCUT2D eigenvalue weighted by Gasteiger charge is 2.22. The van der Waals surface area contributed by atoms with Crippen molar-refractivity contribution in [2.45, 2.75) is 6.92 Å². The van der Waals surface area contributed by atoms with Crippen molar-refractivity contribution in [1.82, 2.24) is 10.4 Å². The van der Waals surface area contributed by atoms with E-state index in [2.05, 4.69) is 20.8 Å². The number of carbonyl (C=O) groups excluding carboxylic acids is 2. The maximum absolute atomic E-state index is 12.5. The van der Waals surface area contributed by atoms with Gasteiger partial charge < -0.3 is 10.3 Å². The Hall–Kier alpha value is -3.93. The fourth-order valence-electron chi connectivity index (χ4n) is 3.22. The number of allylic oxidation sites excluding steroid dienone is 3. The summed E-state index contributed by atoms with van der Waals surface area (Å²) in [6.45, 7) is 1.87. The quantitative estimate of drug-likeness (QED) is 0.479. The van der Waals surface area contributed by atoms with E-state index in [4.69, 9.17) is 0 Å². The van der Waals surface area contributed by atoms with Crippen LogP contribution < -0.4 is 10.7 Å². The molecule has 0 spiro atoms. The fraction of sp³-hybridized carbons (Fsp3) is 0.0455. The Morgan fingerprint density at radius 2 is 1.96 bits per heavy atom. The van der Waals surface area contributed by atoms with E-state index < -0.39 is 0 Å². The molecule has 1 aliphatic rings. The van der Waals surface area contributed by atoms with Crippen LogP contribution in [0.4, 0.5) is 5.69 Å². The number of amides is 2. The number of anilines is 1. The first-order valence-electron chi connectivity index (χ1n) is 8.86. The number of benzene rings is 2. The van der Waals surface area contributed by atoms with E-state index in [-0.39, 0.29) is 11.8 Å². The summed E-state index contributed by atoms with van der Waals surface area (Å²) in [5.74, 6) is -0.593. The monoisotopic (exact) mass is 370 g/mol. The topological polar surface area (TPSA) is 86.3 Å². The summed E-state index contributed by atoms with van der Waals surface area (Å²) in [5, 5.41) is 7.62. The van der Waals surface area contributed by atoms with Gasteiger partial charge >= 0.3 is 0 Å². The van der Waals surface area contributed by atoms with Crippen molar-refractivity contribution in [3.8, 4) is 11.3 Å². The molecular weight excluding hydrogens is 352 g/mol. The van der Waals surface area contributed by atoms with Crippen molar-refractivity contribution in [2.75, 3.05) is 5.32 Å². The summed E-state index contributed by atoms with van der Waals surface area (Å²) in [4.78, 5) is 28.0. The van der Waals surface area contributed by atoms with E-state index in [0.29, 0.717) is 11.3 Å². The number of aromatic amines is 1. The standard InChI is InChI=1S/C22H18N4O2/c1-2-3-5-10-19(27)24-15-11-16-20-17(13-23-26-22(16)28)21(25-18(20)12-15)14-8-6-4-7-9-14/h2-13,25H,1H3,(H,24,27)(H,26,28)/b3-2+,10-5+. The molecule has 1 aromatic heterocycles. The Bertz CT molecular complexity index is 1150. The van der Waals surface area contributed by atoms with E-state index in [1.807, 2.05) is 49.4 Å². The number of carbonyl (C=O) groups is 2. The lowest BCUT2D eigenvalue weighted by molar-refractivity contribution is -0.111. The number of hydrogen-bond donors (Lipinski definition) is 3. The highest BCUT2D eigenvalue weighted by molar-refractivity contribution is 6.18. The maximum Gasteiger partial charge on any atom is 0.272 e. The lowest BCUT2D eigenvalue weighted by Gasteiger charge is -2.06. The molecule has 0 bridgehead atoms. The Balaban J connectivity index is 1.84. The van der Waals surface area contributed by atoms with Crippen molar-refractivity contribution in [3.05, 3.63) is 77.9 Å². The van der Waals surface area contributed by atoms with Crippen molar-refractivity contribution in [2.24, 2.45) is 5.10 Å². The van der Waals surface area contributed by atoms with E-state index >= 15 is 0 Å². The Morgan fingerprint density at radius 3 is 2.75 bits per heavy atom. The Morgan fingerprint density at radius 1 is 1.14 bits per heavy atom. The molecule has 3 N–H and O–H groups in total. The predicted molar refractivity (Wildman–Crippen MR) is 111 cm³/mol. The van der Waals surface area contributed by atoms with E-state index in [1.165, 1.54) is 6.08 Å². The molecule has 28 heavy (non-hydrogen) atoms. The first-order valence-corrected chi connectivity index (χ1v) is 8.86. The van der Waals surface area contributed by atoms with Gasteiger partial charge in [-0.15, -0.1) is 0 Å². The number of hydrogen-bond acceptors (Lipinski definition) is 3. The minimum atomic E-state index is -0.320. The second kappa shape index (κ2) is 7.36. The van der Waals surface area contributed by atoms with Gasteiger partial charge in [-0.05, 0) is 24.6 Å². The van der Waals surface area contributed by atoms with Gasteiger partial charge in [-0.1, -0.05) is 48.6 Å². The Labute approximate surface area is 161 Å². The molecule has 0 fully saturated rings. The zero-order valence-electron chi connectivity index (χ0n) is 15.2. The minimum absolute atomic E-state index is 0.273. The van der Waals surface area contributed by atoms with Crippen molar-refractivity contribution in [3.63, 3.8) is 0 Å². The third-order valence-corrected chi connectivity index (χ3v) is 4.42. The summed E-state index contributed by atoms with van der Waals surface area (Å²) in [5.41, 5.74) is 6.95. The van der Waals surface area contributed by atoms with Crippen LogP contribution in [-0.2, 0) is 4.79 Å². The molecule has 0 aliphatic carbocycles. The Kier molecular flexibility index (Phi) is 4.60. The maximum atomic E-state index is 12.5. The smallest absolute Gasteiger partial charge is 0.272 e. The fourth-order valence-corrected chi connectivity index (χ4v) is 3.22. The molecule has 0 radical (unpaired) electrons. The lowest BCUT2D eigenvalue weighted by atomic mass is 10.0. The van der Waals surface area contributed by atoms with Gasteiger partial charge in [-0.2, -0.15) is 5.10 Å². The number of aromatic nitrogens is 1. The van der Waals surface area contributed by atoms with Crippen LogP contribution in [0.15, 0.2) is 71.9 Å². The summed E-state index contributed by atoms with van der Waals surface area (Å²) in [6, 6.07) is 13.3. The van der Waals surface area contributed by atoms with Crippen LogP contribution in [-0.4, -0.2) is 23.0 Å². The summed E-state index contributed by atoms with van der Waals surface area (Å²) in [7, 11) is 0. The van der Waals surface area contributed by atoms with Gasteiger partial charge in [-0.3, -0.25) is 9.59 Å². The summed E-state index contributed by atoms with van der Waals surface area (Å²) < 4.78 is 0. The SMILES string of the molecule is C/C=C/C=C/C(=O)Nc1cc2c3c(c(-c4ccccc4)[nH]c3c1)C=NNC2=O. The molecule has 1 aliphatic heterocycles. The molecule has 2 aromatic carbocycles. The highest BCUT2D eigenvalue weighted by atomic mass is 16.2. The van der Waals surface area contributed by atoms with Crippen LogP contribution in [0.5, 0.6) is 0 Å². The molecule has 6 heteroatoms. The molecule has 0 saturated carbocycles. The van der Waals surface area contributed by atoms with Gasteiger partial charge in [0.1, 0.15) is 0 Å². The van der Waals surface area contributed by atoms with Gasteiger partial charge in [-0.25, -0.2) is 5.43 Å². The molecule has 6 nitrogen and oxygen atoms in total. The number of nitrogens with one attached hydrogen (secondary N) is 3. The highest BCUT2D eigenvalue weighted by Crippen LogP contribution is 2.34. The number of H-pyrrole nitrogens is 1. The molecule has 2 heterocycles. The molecule has 138 valence electrons. The first kappa shape index (κ1) is 17.5. The number of rotatable bonds is 4. The van der Waals surface area contributed by atoms with Crippen LogP contribution in [0.3, 0.4) is 0 Å².